The molecule has 1 saturated heterocycles. The van der Waals surface area contributed by atoms with E-state index in [1.54, 1.807) is 24.3 Å². The van der Waals surface area contributed by atoms with Crippen molar-refractivity contribution < 1.29 is 9.59 Å². The predicted octanol–water partition coefficient (Wildman–Crippen LogP) is 0.904. The molecule has 1 unspecified atom stereocenters. The van der Waals surface area contributed by atoms with Crippen molar-refractivity contribution in [3.8, 4) is 0 Å². The van der Waals surface area contributed by atoms with Crippen LogP contribution in [0.3, 0.4) is 0 Å². The van der Waals surface area contributed by atoms with Crippen LogP contribution in [-0.2, 0) is 9.59 Å². The van der Waals surface area contributed by atoms with Crippen LogP contribution in [0.25, 0.3) is 10.8 Å². The van der Waals surface area contributed by atoms with Gasteiger partial charge in [-0.1, -0.05) is 18.2 Å². The van der Waals surface area contributed by atoms with E-state index in [4.69, 9.17) is 5.73 Å². The number of carbonyl (C=O) groups is 2. The van der Waals surface area contributed by atoms with Gasteiger partial charge in [-0.05, 0) is 23.9 Å². The first kappa shape index (κ1) is 13.4. The highest BCUT2D eigenvalue weighted by Gasteiger charge is 2.34. The summed E-state index contributed by atoms with van der Waals surface area (Å²) in [6, 6.07) is 8.06. The number of amides is 2. The normalized spacial score (nSPS) is 19.3. The van der Waals surface area contributed by atoms with Crippen molar-refractivity contribution in [2.45, 2.75) is 18.9 Å². The molecule has 1 aliphatic rings. The van der Waals surface area contributed by atoms with Gasteiger partial charge in [0.25, 0.3) is 11.5 Å². The van der Waals surface area contributed by atoms with Crippen LogP contribution in [0, 0.1) is 0 Å². The predicted molar refractivity (Wildman–Crippen MR) is 78.7 cm³/mol. The monoisotopic (exact) mass is 285 g/mol. The zero-order chi connectivity index (χ0) is 15.1. The first-order chi connectivity index (χ1) is 10.0. The molecule has 2 N–H and O–H groups in total. The molecule has 6 heteroatoms. The molecule has 1 aromatic heterocycles. The summed E-state index contributed by atoms with van der Waals surface area (Å²) < 4.78 is 1.30. The van der Waals surface area contributed by atoms with Gasteiger partial charge in [0, 0.05) is 18.9 Å². The lowest BCUT2D eigenvalue weighted by Crippen LogP contribution is -2.46. The number of nitrogen functional groups attached to an aromatic ring is 1. The summed E-state index contributed by atoms with van der Waals surface area (Å²) in [5, 5.41) is 1.25. The first-order valence-corrected chi connectivity index (χ1v) is 6.71. The van der Waals surface area contributed by atoms with Crippen LogP contribution in [0.15, 0.2) is 35.1 Å². The molecule has 0 saturated carbocycles. The van der Waals surface area contributed by atoms with Gasteiger partial charge in [0.05, 0.1) is 0 Å². The molecule has 6 nitrogen and oxygen atoms in total. The number of nitrogens with two attached hydrogens (primary N) is 1. The van der Waals surface area contributed by atoms with Gasteiger partial charge in [-0.2, -0.15) is 0 Å². The first-order valence-electron chi connectivity index (χ1n) is 6.71. The lowest BCUT2D eigenvalue weighted by molar-refractivity contribution is -0.149. The summed E-state index contributed by atoms with van der Waals surface area (Å²) in [6.07, 6.45) is 0.524. The third-order valence-electron chi connectivity index (χ3n) is 3.92. The highest BCUT2D eigenvalue weighted by Crippen LogP contribution is 2.25. The second-order valence-corrected chi connectivity index (χ2v) is 5.18. The Morgan fingerprint density at radius 1 is 1.19 bits per heavy atom. The molecule has 0 aliphatic carbocycles. The number of anilines is 1. The third kappa shape index (κ3) is 1.99. The van der Waals surface area contributed by atoms with E-state index >= 15 is 0 Å². The molecule has 2 amide bonds. The molecule has 1 aliphatic heterocycles. The molecular weight excluding hydrogens is 270 g/mol. The largest absolute Gasteiger partial charge is 0.385 e. The lowest BCUT2D eigenvalue weighted by Gasteiger charge is -2.29. The molecular formula is C15H15N3O3. The van der Waals surface area contributed by atoms with E-state index in [2.05, 4.69) is 0 Å². The van der Waals surface area contributed by atoms with Gasteiger partial charge in [-0.25, -0.2) is 0 Å². The molecule has 3 rings (SSSR count). The molecule has 108 valence electrons. The van der Waals surface area contributed by atoms with Crippen LogP contribution < -0.4 is 11.3 Å². The van der Waals surface area contributed by atoms with Crippen molar-refractivity contribution in [3.05, 3.63) is 40.7 Å². The van der Waals surface area contributed by atoms with Crippen LogP contribution in [0.4, 0.5) is 5.82 Å². The van der Waals surface area contributed by atoms with Gasteiger partial charge < -0.3 is 5.73 Å². The minimum Gasteiger partial charge on any atom is -0.385 e. The van der Waals surface area contributed by atoms with Crippen LogP contribution in [-0.4, -0.2) is 28.3 Å². The summed E-state index contributed by atoms with van der Waals surface area (Å²) in [4.78, 5) is 37.5. The number of benzene rings is 1. The molecule has 2 heterocycles. The van der Waals surface area contributed by atoms with Crippen LogP contribution in [0.1, 0.15) is 18.9 Å². The average molecular weight is 285 g/mol. The average Bonchev–Trinajstić information content (AvgIpc) is 2.47. The summed E-state index contributed by atoms with van der Waals surface area (Å²) in [5.41, 5.74) is 5.67. The van der Waals surface area contributed by atoms with Crippen molar-refractivity contribution in [2.24, 2.45) is 0 Å². The van der Waals surface area contributed by atoms with Gasteiger partial charge in [-0.3, -0.25) is 23.9 Å². The number of pyridine rings is 1. The van der Waals surface area contributed by atoms with Crippen molar-refractivity contribution in [1.29, 1.82) is 0 Å². The fraction of sp³-hybridized carbons (Fsp3) is 0.267. The molecule has 0 spiro atoms. The SMILES string of the molecule is CN1C(=O)CCC(n2c(N)cc3ccccc3c2=O)C1=O. The van der Waals surface area contributed by atoms with E-state index in [1.165, 1.54) is 11.6 Å². The second kappa shape index (κ2) is 4.73. The molecule has 21 heavy (non-hydrogen) atoms. The number of imide groups is 1. The second-order valence-electron chi connectivity index (χ2n) is 5.18. The highest BCUT2D eigenvalue weighted by atomic mass is 16.2. The van der Waals surface area contributed by atoms with Crippen molar-refractivity contribution >= 4 is 28.4 Å². The van der Waals surface area contributed by atoms with Crippen LogP contribution in [0.5, 0.6) is 0 Å². The number of nitrogens with zero attached hydrogens (tertiary/aromatic N) is 2. The van der Waals surface area contributed by atoms with Gasteiger partial charge in [0.1, 0.15) is 11.9 Å². The van der Waals surface area contributed by atoms with Crippen molar-refractivity contribution in [3.63, 3.8) is 0 Å². The number of rotatable bonds is 1. The molecule has 0 bridgehead atoms. The number of carbonyl (C=O) groups excluding carboxylic acids is 2. The summed E-state index contributed by atoms with van der Waals surface area (Å²) in [6.45, 7) is 0. The Morgan fingerprint density at radius 3 is 2.67 bits per heavy atom. The number of aromatic nitrogens is 1. The van der Waals surface area contributed by atoms with Gasteiger partial charge in [0.15, 0.2) is 0 Å². The summed E-state index contributed by atoms with van der Waals surface area (Å²) >= 11 is 0. The fourth-order valence-corrected chi connectivity index (χ4v) is 2.75. The number of hydrogen-bond donors (Lipinski definition) is 1. The number of piperidine rings is 1. The van der Waals surface area contributed by atoms with Gasteiger partial charge in [0.2, 0.25) is 5.91 Å². The van der Waals surface area contributed by atoms with Gasteiger partial charge >= 0.3 is 0 Å². The Morgan fingerprint density at radius 2 is 1.90 bits per heavy atom. The van der Waals surface area contributed by atoms with Gasteiger partial charge in [-0.15, -0.1) is 0 Å². The smallest absolute Gasteiger partial charge is 0.260 e. The third-order valence-corrected chi connectivity index (χ3v) is 3.92. The highest BCUT2D eigenvalue weighted by molar-refractivity contribution is 5.99. The molecule has 1 fully saturated rings. The van der Waals surface area contributed by atoms with E-state index in [1.807, 2.05) is 6.07 Å². The Kier molecular flexibility index (Phi) is 3.01. The summed E-state index contributed by atoms with van der Waals surface area (Å²) in [7, 11) is 1.43. The van der Waals surface area contributed by atoms with E-state index in [0.717, 1.165) is 10.3 Å². The maximum atomic E-state index is 12.6. The Hall–Kier alpha value is -2.63. The standard InChI is InChI=1S/C15H15N3O3/c1-17-13(19)7-6-11(15(17)21)18-12(16)8-9-4-2-3-5-10(9)14(18)20/h2-5,8,11H,6-7,16H2,1H3. The van der Waals surface area contributed by atoms with E-state index < -0.39 is 11.9 Å². The van der Waals surface area contributed by atoms with Crippen molar-refractivity contribution in [1.82, 2.24) is 9.47 Å². The lowest BCUT2D eigenvalue weighted by atomic mass is 10.0. The number of likely N-dealkylation sites (tertiary alicyclic amines) is 1. The van der Waals surface area contributed by atoms with E-state index in [-0.39, 0.29) is 23.7 Å². The summed E-state index contributed by atoms with van der Waals surface area (Å²) in [5.74, 6) is -0.390. The van der Waals surface area contributed by atoms with E-state index in [9.17, 15) is 14.4 Å². The minimum atomic E-state index is -0.718. The van der Waals surface area contributed by atoms with Crippen LogP contribution >= 0.6 is 0 Å². The zero-order valence-corrected chi connectivity index (χ0v) is 11.6. The quantitative estimate of drug-likeness (QED) is 0.789. The number of likely N-dealkylation sites (N-methyl/N-ethyl adjacent to an activating group) is 1. The maximum Gasteiger partial charge on any atom is 0.260 e. The number of fused-ring (bicyclic) bond motifs is 1. The maximum absolute atomic E-state index is 12.6. The molecule has 1 aromatic carbocycles. The minimum absolute atomic E-state index is 0.228. The Bertz CT molecular complexity index is 809. The van der Waals surface area contributed by atoms with E-state index in [0.29, 0.717) is 11.8 Å². The van der Waals surface area contributed by atoms with Crippen molar-refractivity contribution in [2.75, 3.05) is 12.8 Å². The molecule has 0 radical (unpaired) electrons. The van der Waals surface area contributed by atoms with Crippen LogP contribution in [0.2, 0.25) is 0 Å². The zero-order valence-electron chi connectivity index (χ0n) is 11.6. The molecule has 1 atom stereocenters. The molecule has 2 aromatic rings. The Labute approximate surface area is 120 Å². The topological polar surface area (TPSA) is 85.4 Å². The Balaban J connectivity index is 2.19. The number of hydrogen-bond acceptors (Lipinski definition) is 4. The fourth-order valence-electron chi connectivity index (χ4n) is 2.75.